The Morgan fingerprint density at radius 3 is 2.68 bits per heavy atom. The summed E-state index contributed by atoms with van der Waals surface area (Å²) in [5.41, 5.74) is 0.206. The van der Waals surface area contributed by atoms with E-state index in [0.717, 1.165) is 5.56 Å². The van der Waals surface area contributed by atoms with Crippen molar-refractivity contribution >= 4 is 23.3 Å². The van der Waals surface area contributed by atoms with Gasteiger partial charge in [0, 0.05) is 11.6 Å². The maximum Gasteiger partial charge on any atom is 0.325 e. The number of urea groups is 1. The molecule has 1 saturated heterocycles. The van der Waals surface area contributed by atoms with Gasteiger partial charge < -0.3 is 5.32 Å². The van der Waals surface area contributed by atoms with E-state index < -0.39 is 11.6 Å². The third-order valence-corrected chi connectivity index (χ3v) is 4.55. The van der Waals surface area contributed by atoms with Crippen molar-refractivity contribution in [1.29, 1.82) is 5.26 Å². The topological polar surface area (TPSA) is 86.1 Å². The fourth-order valence-electron chi connectivity index (χ4n) is 2.32. The van der Waals surface area contributed by atoms with Crippen molar-refractivity contribution < 1.29 is 9.59 Å². The molecule has 7 heteroatoms. The van der Waals surface area contributed by atoms with Gasteiger partial charge in [0.2, 0.25) is 0 Å². The van der Waals surface area contributed by atoms with Crippen LogP contribution in [-0.4, -0.2) is 21.8 Å². The molecule has 1 atom stereocenters. The van der Waals surface area contributed by atoms with Gasteiger partial charge in [-0.2, -0.15) is 5.26 Å². The summed E-state index contributed by atoms with van der Waals surface area (Å²) in [5, 5.41) is 13.8. The predicted octanol–water partition coefficient (Wildman–Crippen LogP) is 1.98. The van der Waals surface area contributed by atoms with Gasteiger partial charge in [-0.05, 0) is 24.6 Å². The molecular weight excluding hydrogens is 300 g/mol. The largest absolute Gasteiger partial charge is 0.325 e. The minimum atomic E-state index is -1.11. The summed E-state index contributed by atoms with van der Waals surface area (Å²) in [7, 11) is 0. The standard InChI is InChI=1S/C15H12N4O2S/c1-15(12-17-6-7-22-12)13(20)19(14(21)18-15)9-11-4-2-10(8-16)3-5-11/h2-7H,9H2,1H3,(H,18,21). The molecule has 1 aromatic heterocycles. The van der Waals surface area contributed by atoms with E-state index in [9.17, 15) is 9.59 Å². The lowest BCUT2D eigenvalue weighted by Gasteiger charge is -2.18. The van der Waals surface area contributed by atoms with Gasteiger partial charge in [0.15, 0.2) is 5.54 Å². The number of benzene rings is 1. The molecule has 2 aromatic rings. The van der Waals surface area contributed by atoms with Crippen molar-refractivity contribution in [3.8, 4) is 6.07 Å². The van der Waals surface area contributed by atoms with Crippen LogP contribution in [0.15, 0.2) is 35.8 Å². The molecule has 1 aromatic carbocycles. The first-order valence-corrected chi connectivity index (χ1v) is 7.45. The number of aromatic nitrogens is 1. The summed E-state index contributed by atoms with van der Waals surface area (Å²) < 4.78 is 0. The average molecular weight is 312 g/mol. The molecule has 0 bridgehead atoms. The first-order chi connectivity index (χ1) is 10.5. The quantitative estimate of drug-likeness (QED) is 0.878. The van der Waals surface area contributed by atoms with E-state index >= 15 is 0 Å². The van der Waals surface area contributed by atoms with Gasteiger partial charge in [-0.3, -0.25) is 9.69 Å². The number of rotatable bonds is 3. The maximum absolute atomic E-state index is 12.6. The van der Waals surface area contributed by atoms with Crippen LogP contribution in [0, 0.1) is 11.3 Å². The predicted molar refractivity (Wildman–Crippen MR) is 79.7 cm³/mol. The van der Waals surface area contributed by atoms with Crippen LogP contribution in [0.1, 0.15) is 23.1 Å². The van der Waals surface area contributed by atoms with Crippen LogP contribution in [0.25, 0.3) is 0 Å². The molecule has 22 heavy (non-hydrogen) atoms. The zero-order valence-corrected chi connectivity index (χ0v) is 12.6. The highest BCUT2D eigenvalue weighted by Gasteiger charge is 2.50. The van der Waals surface area contributed by atoms with Gasteiger partial charge in [-0.25, -0.2) is 9.78 Å². The Kier molecular flexibility index (Phi) is 3.39. The van der Waals surface area contributed by atoms with Gasteiger partial charge in [-0.15, -0.1) is 11.3 Å². The summed E-state index contributed by atoms with van der Waals surface area (Å²) >= 11 is 1.33. The van der Waals surface area contributed by atoms with E-state index in [1.807, 2.05) is 6.07 Å². The van der Waals surface area contributed by atoms with Crippen LogP contribution < -0.4 is 5.32 Å². The van der Waals surface area contributed by atoms with Gasteiger partial charge in [0.1, 0.15) is 5.01 Å². The molecule has 0 radical (unpaired) electrons. The molecule has 1 N–H and O–H groups in total. The van der Waals surface area contributed by atoms with E-state index in [-0.39, 0.29) is 12.5 Å². The van der Waals surface area contributed by atoms with Gasteiger partial charge >= 0.3 is 6.03 Å². The Labute approximate surface area is 131 Å². The molecule has 0 aliphatic carbocycles. The second kappa shape index (κ2) is 5.24. The smallest absolute Gasteiger partial charge is 0.317 e. The highest BCUT2D eigenvalue weighted by molar-refractivity contribution is 7.09. The normalized spacial score (nSPS) is 20.8. The zero-order valence-electron chi connectivity index (χ0n) is 11.7. The lowest BCUT2D eigenvalue weighted by Crippen LogP contribution is -2.40. The monoisotopic (exact) mass is 312 g/mol. The Hall–Kier alpha value is -2.72. The highest BCUT2D eigenvalue weighted by Crippen LogP contribution is 2.30. The molecule has 1 fully saturated rings. The lowest BCUT2D eigenvalue weighted by atomic mass is 10.0. The number of nitriles is 1. The molecule has 0 spiro atoms. The number of hydrogen-bond donors (Lipinski definition) is 1. The van der Waals surface area contributed by atoms with Gasteiger partial charge in [-0.1, -0.05) is 12.1 Å². The van der Waals surface area contributed by atoms with Crippen LogP contribution in [-0.2, 0) is 16.9 Å². The molecule has 0 saturated carbocycles. The minimum Gasteiger partial charge on any atom is -0.317 e. The average Bonchev–Trinajstić information content (AvgIpc) is 3.13. The number of nitrogens with one attached hydrogen (secondary N) is 1. The third kappa shape index (κ3) is 2.23. The number of thiazole rings is 1. The maximum atomic E-state index is 12.6. The molecule has 3 rings (SSSR count). The Balaban J connectivity index is 1.84. The number of carbonyl (C=O) groups is 2. The van der Waals surface area contributed by atoms with Crippen molar-refractivity contribution in [1.82, 2.24) is 15.2 Å². The lowest BCUT2D eigenvalue weighted by molar-refractivity contribution is -0.131. The molecule has 110 valence electrons. The summed E-state index contributed by atoms with van der Waals surface area (Å²) in [6.45, 7) is 1.82. The van der Waals surface area contributed by atoms with Crippen molar-refractivity contribution in [2.45, 2.75) is 19.0 Å². The Morgan fingerprint density at radius 2 is 2.09 bits per heavy atom. The Morgan fingerprint density at radius 1 is 1.36 bits per heavy atom. The van der Waals surface area contributed by atoms with Crippen molar-refractivity contribution in [3.05, 3.63) is 52.0 Å². The zero-order chi connectivity index (χ0) is 15.7. The molecule has 6 nitrogen and oxygen atoms in total. The second-order valence-corrected chi connectivity index (χ2v) is 5.99. The molecular formula is C15H12N4O2S. The molecule has 1 aliphatic heterocycles. The van der Waals surface area contributed by atoms with Crippen LogP contribution >= 0.6 is 11.3 Å². The van der Waals surface area contributed by atoms with E-state index in [1.54, 1.807) is 42.8 Å². The molecule has 1 unspecified atom stereocenters. The summed E-state index contributed by atoms with van der Waals surface area (Å²) in [5.74, 6) is -0.322. The SMILES string of the molecule is CC1(c2nccs2)NC(=O)N(Cc2ccc(C#N)cc2)C1=O. The van der Waals surface area contributed by atoms with Crippen LogP contribution in [0.2, 0.25) is 0 Å². The fraction of sp³-hybridized carbons (Fsp3) is 0.200. The van der Waals surface area contributed by atoms with Crippen LogP contribution in [0.3, 0.4) is 0 Å². The number of hydrogen-bond acceptors (Lipinski definition) is 5. The fourth-order valence-corrected chi connectivity index (χ4v) is 3.07. The highest BCUT2D eigenvalue weighted by atomic mass is 32.1. The third-order valence-electron chi connectivity index (χ3n) is 3.56. The van der Waals surface area contributed by atoms with Crippen LogP contribution in [0.4, 0.5) is 4.79 Å². The first kappa shape index (κ1) is 14.2. The van der Waals surface area contributed by atoms with E-state index in [4.69, 9.17) is 5.26 Å². The number of carbonyl (C=O) groups excluding carboxylic acids is 2. The van der Waals surface area contributed by atoms with Gasteiger partial charge in [0.25, 0.3) is 5.91 Å². The Bertz CT molecular complexity index is 764. The molecule has 3 amide bonds. The van der Waals surface area contributed by atoms with E-state index in [1.165, 1.54) is 16.2 Å². The minimum absolute atomic E-state index is 0.164. The number of imide groups is 1. The summed E-state index contributed by atoms with van der Waals surface area (Å²) in [6.07, 6.45) is 1.61. The number of nitrogens with zero attached hydrogens (tertiary/aromatic N) is 3. The second-order valence-electron chi connectivity index (χ2n) is 5.09. The summed E-state index contributed by atoms with van der Waals surface area (Å²) in [4.78, 5) is 30.1. The van der Waals surface area contributed by atoms with Crippen molar-refractivity contribution in [3.63, 3.8) is 0 Å². The van der Waals surface area contributed by atoms with Crippen molar-refractivity contribution in [2.75, 3.05) is 0 Å². The van der Waals surface area contributed by atoms with E-state index in [0.29, 0.717) is 10.6 Å². The number of amides is 3. The molecule has 2 heterocycles. The van der Waals surface area contributed by atoms with E-state index in [2.05, 4.69) is 10.3 Å². The van der Waals surface area contributed by atoms with Gasteiger partial charge in [0.05, 0.1) is 18.2 Å². The van der Waals surface area contributed by atoms with Crippen molar-refractivity contribution in [2.24, 2.45) is 0 Å². The van der Waals surface area contributed by atoms with Crippen LogP contribution in [0.5, 0.6) is 0 Å². The first-order valence-electron chi connectivity index (χ1n) is 6.58. The summed E-state index contributed by atoms with van der Waals surface area (Å²) in [6, 6.07) is 8.38. The molecule has 1 aliphatic rings.